The first-order valence-corrected chi connectivity index (χ1v) is 4.28. The SMILES string of the molecule is O=C(O)Cn1[nH]c2c(c1=O)CCOC2. The number of fused-ring (bicyclic) bond motifs is 1. The van der Waals surface area contributed by atoms with Crippen LogP contribution in [-0.4, -0.2) is 27.5 Å². The summed E-state index contributed by atoms with van der Waals surface area (Å²) in [5.41, 5.74) is 1.10. The van der Waals surface area contributed by atoms with Gasteiger partial charge in [-0.15, -0.1) is 0 Å². The Hall–Kier alpha value is -1.56. The van der Waals surface area contributed by atoms with E-state index in [-0.39, 0.29) is 12.1 Å². The van der Waals surface area contributed by atoms with Gasteiger partial charge in [0.15, 0.2) is 0 Å². The second kappa shape index (κ2) is 3.30. The molecule has 76 valence electrons. The molecule has 2 heterocycles. The minimum absolute atomic E-state index is 0.245. The predicted octanol–water partition coefficient (Wildman–Crippen LogP) is -0.666. The maximum Gasteiger partial charge on any atom is 0.325 e. The van der Waals surface area contributed by atoms with Gasteiger partial charge in [0.25, 0.3) is 5.56 Å². The van der Waals surface area contributed by atoms with Crippen molar-refractivity contribution in [3.63, 3.8) is 0 Å². The largest absolute Gasteiger partial charge is 0.480 e. The number of ether oxygens (including phenoxy) is 1. The highest BCUT2D eigenvalue weighted by molar-refractivity contribution is 5.66. The van der Waals surface area contributed by atoms with Gasteiger partial charge in [-0.1, -0.05) is 0 Å². The van der Waals surface area contributed by atoms with Gasteiger partial charge >= 0.3 is 5.97 Å². The molecule has 1 aromatic heterocycles. The Morgan fingerprint density at radius 1 is 1.64 bits per heavy atom. The molecule has 0 fully saturated rings. The molecule has 6 heteroatoms. The first-order valence-electron chi connectivity index (χ1n) is 4.28. The van der Waals surface area contributed by atoms with Crippen LogP contribution in [0.25, 0.3) is 0 Å². The Balaban J connectivity index is 2.38. The molecule has 0 spiro atoms. The van der Waals surface area contributed by atoms with E-state index in [0.717, 1.165) is 4.68 Å². The van der Waals surface area contributed by atoms with Crippen LogP contribution in [0.3, 0.4) is 0 Å². The van der Waals surface area contributed by atoms with E-state index in [1.807, 2.05) is 0 Å². The van der Waals surface area contributed by atoms with E-state index in [0.29, 0.717) is 30.9 Å². The molecule has 2 N–H and O–H groups in total. The van der Waals surface area contributed by atoms with Crippen molar-refractivity contribution >= 4 is 5.97 Å². The highest BCUT2D eigenvalue weighted by atomic mass is 16.5. The second-order valence-corrected chi connectivity index (χ2v) is 3.16. The number of aromatic nitrogens is 2. The van der Waals surface area contributed by atoms with Crippen LogP contribution in [0, 0.1) is 0 Å². The minimum atomic E-state index is -1.04. The van der Waals surface area contributed by atoms with Crippen LogP contribution in [0.2, 0.25) is 0 Å². The molecule has 6 nitrogen and oxygen atoms in total. The van der Waals surface area contributed by atoms with Crippen LogP contribution in [0.5, 0.6) is 0 Å². The smallest absolute Gasteiger partial charge is 0.325 e. The molecule has 1 aliphatic rings. The van der Waals surface area contributed by atoms with Crippen molar-refractivity contribution < 1.29 is 14.6 Å². The van der Waals surface area contributed by atoms with Crippen molar-refractivity contribution in [1.29, 1.82) is 0 Å². The third-order valence-electron chi connectivity index (χ3n) is 2.17. The summed E-state index contributed by atoms with van der Waals surface area (Å²) < 4.78 is 6.24. The van der Waals surface area contributed by atoms with Gasteiger partial charge in [-0.25, -0.2) is 4.68 Å². The zero-order valence-electron chi connectivity index (χ0n) is 7.45. The molecule has 0 aromatic carbocycles. The van der Waals surface area contributed by atoms with Gasteiger partial charge in [-0.2, -0.15) is 0 Å². The van der Waals surface area contributed by atoms with Crippen molar-refractivity contribution in [1.82, 2.24) is 9.78 Å². The van der Waals surface area contributed by atoms with Gasteiger partial charge in [0.1, 0.15) is 6.54 Å². The van der Waals surface area contributed by atoms with Crippen LogP contribution < -0.4 is 5.56 Å². The molecule has 14 heavy (non-hydrogen) atoms. The van der Waals surface area contributed by atoms with Crippen LogP contribution in [0.4, 0.5) is 0 Å². The van der Waals surface area contributed by atoms with Crippen LogP contribution >= 0.6 is 0 Å². The number of rotatable bonds is 2. The number of aliphatic carboxylic acids is 1. The van der Waals surface area contributed by atoms with Crippen molar-refractivity contribution in [2.45, 2.75) is 19.6 Å². The molecule has 2 rings (SSSR count). The lowest BCUT2D eigenvalue weighted by Gasteiger charge is -2.08. The Morgan fingerprint density at radius 3 is 3.07 bits per heavy atom. The summed E-state index contributed by atoms with van der Waals surface area (Å²) in [6.45, 7) is 0.552. The number of carbonyl (C=O) groups is 1. The Bertz CT molecular complexity index is 417. The lowest BCUT2D eigenvalue weighted by molar-refractivity contribution is -0.137. The summed E-state index contributed by atoms with van der Waals surface area (Å²) >= 11 is 0. The van der Waals surface area contributed by atoms with Crippen LogP contribution in [0.1, 0.15) is 11.3 Å². The Morgan fingerprint density at radius 2 is 2.43 bits per heavy atom. The second-order valence-electron chi connectivity index (χ2n) is 3.16. The molecule has 1 aromatic rings. The molecule has 1 aliphatic heterocycles. The summed E-state index contributed by atoms with van der Waals surface area (Å²) in [5.74, 6) is -1.04. The average molecular weight is 198 g/mol. The summed E-state index contributed by atoms with van der Waals surface area (Å²) in [6.07, 6.45) is 0.553. The fraction of sp³-hybridized carbons (Fsp3) is 0.500. The summed E-state index contributed by atoms with van der Waals surface area (Å²) in [6, 6.07) is 0. The molecular formula is C8H10N2O4. The fourth-order valence-corrected chi connectivity index (χ4v) is 1.55. The third kappa shape index (κ3) is 1.44. The Labute approximate surface area is 79.1 Å². The monoisotopic (exact) mass is 198 g/mol. The van der Waals surface area contributed by atoms with Crippen molar-refractivity contribution in [2.24, 2.45) is 0 Å². The van der Waals surface area contributed by atoms with E-state index in [2.05, 4.69) is 5.10 Å². The van der Waals surface area contributed by atoms with Gasteiger partial charge in [-0.05, 0) is 0 Å². The van der Waals surface area contributed by atoms with Gasteiger partial charge in [0.2, 0.25) is 0 Å². The molecule has 0 atom stereocenters. The molecule has 0 bridgehead atoms. The van der Waals surface area contributed by atoms with Gasteiger partial charge in [-0.3, -0.25) is 14.7 Å². The predicted molar refractivity (Wildman–Crippen MR) is 46.0 cm³/mol. The van der Waals surface area contributed by atoms with E-state index in [1.54, 1.807) is 0 Å². The molecule has 0 unspecified atom stereocenters. The Kier molecular flexibility index (Phi) is 2.12. The van der Waals surface area contributed by atoms with E-state index in [1.165, 1.54) is 0 Å². The number of H-pyrrole nitrogens is 1. The van der Waals surface area contributed by atoms with Crippen LogP contribution in [-0.2, 0) is 29.1 Å². The van der Waals surface area contributed by atoms with Gasteiger partial charge in [0.05, 0.1) is 18.9 Å². The number of hydrogen-bond acceptors (Lipinski definition) is 3. The summed E-state index contributed by atoms with van der Waals surface area (Å²) in [5, 5.41) is 11.3. The van der Waals surface area contributed by atoms with E-state index >= 15 is 0 Å². The fourth-order valence-electron chi connectivity index (χ4n) is 1.55. The normalized spacial score (nSPS) is 15.1. The molecule has 0 saturated heterocycles. The molecule has 0 amide bonds. The van der Waals surface area contributed by atoms with Gasteiger partial charge < -0.3 is 9.84 Å². The van der Waals surface area contributed by atoms with E-state index < -0.39 is 5.97 Å². The summed E-state index contributed by atoms with van der Waals surface area (Å²) in [7, 11) is 0. The highest BCUT2D eigenvalue weighted by Crippen LogP contribution is 2.09. The molecular weight excluding hydrogens is 188 g/mol. The topological polar surface area (TPSA) is 84.3 Å². The van der Waals surface area contributed by atoms with Crippen molar-refractivity contribution in [3.05, 3.63) is 21.6 Å². The maximum atomic E-state index is 11.6. The standard InChI is InChI=1S/C8H10N2O4/c11-7(12)3-10-8(13)5-1-2-14-4-6(5)9-10/h9H,1-4H2,(H,11,12). The number of carboxylic acids is 1. The number of nitrogens with one attached hydrogen (secondary N) is 1. The first-order chi connectivity index (χ1) is 6.68. The number of nitrogens with zero attached hydrogens (tertiary/aromatic N) is 1. The molecule has 0 saturated carbocycles. The lowest BCUT2D eigenvalue weighted by atomic mass is 10.1. The highest BCUT2D eigenvalue weighted by Gasteiger charge is 2.18. The third-order valence-corrected chi connectivity index (χ3v) is 2.17. The molecule has 0 radical (unpaired) electrons. The number of carboxylic acid groups (broad SMARTS) is 1. The van der Waals surface area contributed by atoms with Crippen molar-refractivity contribution in [3.8, 4) is 0 Å². The van der Waals surface area contributed by atoms with E-state index in [4.69, 9.17) is 9.84 Å². The summed E-state index contributed by atoms with van der Waals surface area (Å²) in [4.78, 5) is 22.0. The zero-order chi connectivity index (χ0) is 10.1. The minimum Gasteiger partial charge on any atom is -0.480 e. The van der Waals surface area contributed by atoms with Crippen LogP contribution in [0.15, 0.2) is 4.79 Å². The lowest BCUT2D eigenvalue weighted by Crippen LogP contribution is -2.24. The van der Waals surface area contributed by atoms with Crippen molar-refractivity contribution in [2.75, 3.05) is 6.61 Å². The molecule has 0 aliphatic carbocycles. The quantitative estimate of drug-likeness (QED) is 0.660. The van der Waals surface area contributed by atoms with E-state index in [9.17, 15) is 9.59 Å². The number of aromatic amines is 1. The van der Waals surface area contributed by atoms with Gasteiger partial charge in [0, 0.05) is 12.0 Å². The number of hydrogen-bond donors (Lipinski definition) is 2. The zero-order valence-corrected chi connectivity index (χ0v) is 7.45. The maximum absolute atomic E-state index is 11.6. The average Bonchev–Trinajstić information content (AvgIpc) is 2.44. The first kappa shape index (κ1) is 9.01.